The number of hydrogen-bond donors (Lipinski definition) is 1. The van der Waals surface area contributed by atoms with Crippen LogP contribution < -0.4 is 11.3 Å². The lowest BCUT2D eigenvalue weighted by molar-refractivity contribution is 0.590. The zero-order chi connectivity index (χ0) is 19.2. The second-order valence-corrected chi connectivity index (χ2v) is 8.46. The maximum absolute atomic E-state index is 11.8. The molecular weight excluding hydrogens is 356 g/mol. The molecule has 0 saturated heterocycles. The van der Waals surface area contributed by atoms with Gasteiger partial charge in [-0.15, -0.1) is 0 Å². The molecule has 136 valence electrons. The topological polar surface area (TPSA) is 73.3 Å². The van der Waals surface area contributed by atoms with Gasteiger partial charge < -0.3 is 5.73 Å². The van der Waals surface area contributed by atoms with Crippen molar-refractivity contribution in [1.82, 2.24) is 14.4 Å². The first kappa shape index (κ1) is 17.4. The molecule has 3 heterocycles. The molecule has 0 aliphatic rings. The van der Waals surface area contributed by atoms with E-state index in [9.17, 15) is 4.79 Å². The Morgan fingerprint density at radius 2 is 1.67 bits per heavy atom. The van der Waals surface area contributed by atoms with Gasteiger partial charge in [-0.3, -0.25) is 14.2 Å². The minimum absolute atomic E-state index is 0.0777. The van der Waals surface area contributed by atoms with Gasteiger partial charge in [-0.05, 0) is 28.7 Å². The fourth-order valence-corrected chi connectivity index (χ4v) is 4.27. The number of nitrogens with two attached hydrogens (primary N) is 1. The highest BCUT2D eigenvalue weighted by atomic mass is 32.1. The molecule has 0 saturated carbocycles. The third kappa shape index (κ3) is 3.13. The number of rotatable bonds is 2. The van der Waals surface area contributed by atoms with Gasteiger partial charge in [-0.2, -0.15) is 4.98 Å². The van der Waals surface area contributed by atoms with Crippen LogP contribution in [0, 0.1) is 0 Å². The summed E-state index contributed by atoms with van der Waals surface area (Å²) >= 11 is 1.45. The summed E-state index contributed by atoms with van der Waals surface area (Å²) in [6.45, 7) is 6.57. The van der Waals surface area contributed by atoms with Crippen molar-refractivity contribution in [3.8, 4) is 21.7 Å². The molecule has 0 atom stereocenters. The zero-order valence-electron chi connectivity index (χ0n) is 15.4. The Bertz CT molecular complexity index is 1170. The first-order valence-corrected chi connectivity index (χ1v) is 9.49. The molecule has 4 rings (SSSR count). The molecule has 0 spiro atoms. The molecule has 0 bridgehead atoms. The molecule has 0 unspecified atom stereocenters. The van der Waals surface area contributed by atoms with Gasteiger partial charge in [0.25, 0.3) is 5.56 Å². The normalized spacial score (nSPS) is 11.8. The quantitative estimate of drug-likeness (QED) is 0.564. The third-order valence-corrected chi connectivity index (χ3v) is 5.62. The van der Waals surface area contributed by atoms with Crippen LogP contribution in [0.15, 0.2) is 59.7 Å². The Hall–Kier alpha value is -2.99. The molecule has 0 aliphatic heterocycles. The Morgan fingerprint density at radius 3 is 2.30 bits per heavy atom. The lowest BCUT2D eigenvalue weighted by atomic mass is 9.86. The van der Waals surface area contributed by atoms with E-state index in [1.165, 1.54) is 23.0 Å². The zero-order valence-corrected chi connectivity index (χ0v) is 16.2. The summed E-state index contributed by atoms with van der Waals surface area (Å²) in [5, 5.41) is 0. The second kappa shape index (κ2) is 6.32. The molecule has 0 fully saturated rings. The maximum atomic E-state index is 11.8. The van der Waals surface area contributed by atoms with Crippen LogP contribution in [0.5, 0.6) is 0 Å². The Labute approximate surface area is 161 Å². The van der Waals surface area contributed by atoms with E-state index in [0.717, 1.165) is 21.7 Å². The fourth-order valence-electron chi connectivity index (χ4n) is 3.10. The van der Waals surface area contributed by atoms with Crippen LogP contribution in [0.1, 0.15) is 26.3 Å². The summed E-state index contributed by atoms with van der Waals surface area (Å²) in [6.07, 6.45) is 3.51. The number of fused-ring (bicyclic) bond motifs is 1. The Morgan fingerprint density at radius 1 is 1.00 bits per heavy atom. The summed E-state index contributed by atoms with van der Waals surface area (Å²) < 4.78 is 1.86. The second-order valence-electron chi connectivity index (χ2n) is 7.48. The van der Waals surface area contributed by atoms with Gasteiger partial charge >= 0.3 is 0 Å². The highest BCUT2D eigenvalue weighted by Crippen LogP contribution is 2.40. The SMILES string of the molecule is CC(C)(C)c1ccc(-c2c(-c3ccncc3)sc3nc(=O)cc(N)n23)cc1. The molecule has 1 aromatic carbocycles. The van der Waals surface area contributed by atoms with E-state index in [0.29, 0.717) is 10.8 Å². The molecule has 5 nitrogen and oxygen atoms in total. The van der Waals surface area contributed by atoms with Crippen LogP contribution in [0.3, 0.4) is 0 Å². The molecule has 3 aromatic heterocycles. The molecule has 2 N–H and O–H groups in total. The summed E-state index contributed by atoms with van der Waals surface area (Å²) in [5.41, 5.74) is 10.2. The van der Waals surface area contributed by atoms with E-state index in [4.69, 9.17) is 5.73 Å². The van der Waals surface area contributed by atoms with Crippen LogP contribution >= 0.6 is 11.3 Å². The predicted octanol–water partition coefficient (Wildman–Crippen LogP) is 4.36. The van der Waals surface area contributed by atoms with Crippen molar-refractivity contribution < 1.29 is 0 Å². The van der Waals surface area contributed by atoms with E-state index in [2.05, 4.69) is 55.0 Å². The van der Waals surface area contributed by atoms with Gasteiger partial charge in [0.15, 0.2) is 4.96 Å². The van der Waals surface area contributed by atoms with Crippen LogP contribution in [0.4, 0.5) is 5.82 Å². The molecule has 0 aliphatic carbocycles. The first-order chi connectivity index (χ1) is 12.8. The van der Waals surface area contributed by atoms with Crippen molar-refractivity contribution >= 4 is 22.1 Å². The number of anilines is 1. The van der Waals surface area contributed by atoms with E-state index >= 15 is 0 Å². The number of nitrogens with zero attached hydrogens (tertiary/aromatic N) is 3. The Kier molecular flexibility index (Phi) is 4.08. The third-order valence-electron chi connectivity index (χ3n) is 4.53. The Balaban J connectivity index is 2.02. The highest BCUT2D eigenvalue weighted by Gasteiger charge is 2.19. The number of thiazole rings is 1. The van der Waals surface area contributed by atoms with E-state index in [1.54, 1.807) is 12.4 Å². The monoisotopic (exact) mass is 376 g/mol. The van der Waals surface area contributed by atoms with Crippen molar-refractivity contribution in [2.75, 3.05) is 5.73 Å². The molecular formula is C21H20N4OS. The number of benzene rings is 1. The minimum atomic E-state index is -0.329. The molecule has 6 heteroatoms. The van der Waals surface area contributed by atoms with Crippen molar-refractivity contribution in [3.05, 3.63) is 70.8 Å². The van der Waals surface area contributed by atoms with Gasteiger partial charge in [0.1, 0.15) is 5.82 Å². The largest absolute Gasteiger partial charge is 0.385 e. The van der Waals surface area contributed by atoms with Gasteiger partial charge in [0, 0.05) is 24.0 Å². The smallest absolute Gasteiger partial charge is 0.276 e. The summed E-state index contributed by atoms with van der Waals surface area (Å²) in [6, 6.07) is 13.7. The van der Waals surface area contributed by atoms with Crippen molar-refractivity contribution in [2.45, 2.75) is 26.2 Å². The number of aromatic nitrogens is 3. The van der Waals surface area contributed by atoms with Crippen LogP contribution in [0.25, 0.3) is 26.7 Å². The van der Waals surface area contributed by atoms with Gasteiger partial charge in [0.2, 0.25) is 0 Å². The van der Waals surface area contributed by atoms with Crippen molar-refractivity contribution in [3.63, 3.8) is 0 Å². The average molecular weight is 376 g/mol. The number of nitrogen functional groups attached to an aromatic ring is 1. The number of pyridine rings is 1. The standard InChI is InChI=1S/C21H20N4OS/c1-21(2,3)15-6-4-13(5-7-15)18-19(14-8-10-23-11-9-14)27-20-24-17(26)12-16(22)25(18)20/h4-12H,22H2,1-3H3. The minimum Gasteiger partial charge on any atom is -0.385 e. The highest BCUT2D eigenvalue weighted by molar-refractivity contribution is 7.20. The molecule has 0 amide bonds. The lowest BCUT2D eigenvalue weighted by Gasteiger charge is -2.19. The van der Waals surface area contributed by atoms with E-state index in [-0.39, 0.29) is 11.0 Å². The first-order valence-electron chi connectivity index (χ1n) is 8.68. The summed E-state index contributed by atoms with van der Waals surface area (Å²) in [7, 11) is 0. The molecule has 27 heavy (non-hydrogen) atoms. The summed E-state index contributed by atoms with van der Waals surface area (Å²) in [5.74, 6) is 0.386. The van der Waals surface area contributed by atoms with Crippen LogP contribution in [0.2, 0.25) is 0 Å². The van der Waals surface area contributed by atoms with Gasteiger partial charge in [-0.25, -0.2) is 0 Å². The van der Waals surface area contributed by atoms with E-state index < -0.39 is 0 Å². The van der Waals surface area contributed by atoms with Crippen LogP contribution in [-0.2, 0) is 5.41 Å². The van der Waals surface area contributed by atoms with Crippen molar-refractivity contribution in [2.24, 2.45) is 0 Å². The fraction of sp³-hybridized carbons (Fsp3) is 0.190. The van der Waals surface area contributed by atoms with E-state index in [1.807, 2.05) is 16.5 Å². The van der Waals surface area contributed by atoms with Gasteiger partial charge in [-0.1, -0.05) is 56.4 Å². The van der Waals surface area contributed by atoms with Crippen LogP contribution in [-0.4, -0.2) is 14.4 Å². The van der Waals surface area contributed by atoms with Gasteiger partial charge in [0.05, 0.1) is 10.6 Å². The molecule has 0 radical (unpaired) electrons. The average Bonchev–Trinajstić information content (AvgIpc) is 3.01. The maximum Gasteiger partial charge on any atom is 0.276 e. The summed E-state index contributed by atoms with van der Waals surface area (Å²) in [4.78, 5) is 21.7. The molecule has 4 aromatic rings. The number of hydrogen-bond acceptors (Lipinski definition) is 5. The van der Waals surface area contributed by atoms with Crippen molar-refractivity contribution in [1.29, 1.82) is 0 Å². The predicted molar refractivity (Wildman–Crippen MR) is 111 cm³/mol. The lowest BCUT2D eigenvalue weighted by Crippen LogP contribution is -2.11.